The number of aromatic nitrogens is 1. The van der Waals surface area contributed by atoms with Crippen LogP contribution in [0.5, 0.6) is 5.75 Å². The fourth-order valence-electron chi connectivity index (χ4n) is 1.54. The number of pyridine rings is 1. The average Bonchev–Trinajstić information content (AvgIpc) is 2.45. The lowest BCUT2D eigenvalue weighted by Gasteiger charge is -2.09. The van der Waals surface area contributed by atoms with Crippen LogP contribution in [0.2, 0.25) is 0 Å². The van der Waals surface area contributed by atoms with Gasteiger partial charge in [-0.25, -0.2) is 4.98 Å². The first kappa shape index (κ1) is 12.4. The zero-order valence-corrected chi connectivity index (χ0v) is 10.4. The molecule has 2 aromatic rings. The lowest BCUT2D eigenvalue weighted by atomic mass is 10.2. The molecule has 0 radical (unpaired) electrons. The Morgan fingerprint density at radius 2 is 2.11 bits per heavy atom. The van der Waals surface area contributed by atoms with E-state index in [1.54, 1.807) is 12.3 Å². The summed E-state index contributed by atoms with van der Waals surface area (Å²) < 4.78 is 5.69. The first-order valence-corrected chi connectivity index (χ1v) is 5.98. The minimum Gasteiger partial charge on any atom is -0.489 e. The Morgan fingerprint density at radius 1 is 1.28 bits per heavy atom. The topological polar surface area (TPSA) is 45.9 Å². The van der Waals surface area contributed by atoms with Gasteiger partial charge in [0.05, 0.1) is 5.88 Å². The van der Waals surface area contributed by atoms with E-state index >= 15 is 0 Å². The summed E-state index contributed by atoms with van der Waals surface area (Å²) in [5.41, 5.74) is 2.25. The Kier molecular flexibility index (Phi) is 4.16. The van der Waals surface area contributed by atoms with E-state index in [1.807, 2.05) is 36.4 Å². The summed E-state index contributed by atoms with van der Waals surface area (Å²) in [6, 6.07) is 13.2. The van der Waals surface area contributed by atoms with Crippen molar-refractivity contribution in [2.24, 2.45) is 0 Å². The van der Waals surface area contributed by atoms with Crippen molar-refractivity contribution in [1.82, 2.24) is 4.98 Å². The molecule has 0 bridgehead atoms. The summed E-state index contributed by atoms with van der Waals surface area (Å²) in [6.45, 7) is 0.394. The summed E-state index contributed by atoms with van der Waals surface area (Å²) in [5, 5.41) is 8.76. The molecule has 0 amide bonds. The molecule has 2 rings (SSSR count). The third-order valence-electron chi connectivity index (χ3n) is 2.45. The molecule has 0 fully saturated rings. The number of rotatable bonds is 4. The van der Waals surface area contributed by atoms with Crippen LogP contribution in [0.3, 0.4) is 0 Å². The monoisotopic (exact) mass is 258 g/mol. The third-order valence-corrected chi connectivity index (χ3v) is 2.74. The minimum atomic E-state index is 0.390. The van der Waals surface area contributed by atoms with Crippen LogP contribution >= 0.6 is 11.6 Å². The van der Waals surface area contributed by atoms with Gasteiger partial charge in [0.25, 0.3) is 0 Å². The molecule has 0 saturated heterocycles. The highest BCUT2D eigenvalue weighted by atomic mass is 35.5. The van der Waals surface area contributed by atoms with E-state index in [0.29, 0.717) is 18.2 Å². The van der Waals surface area contributed by atoms with Gasteiger partial charge in [0, 0.05) is 11.8 Å². The van der Waals surface area contributed by atoms with Gasteiger partial charge in [-0.05, 0) is 23.8 Å². The molecule has 0 unspecified atom stereocenters. The van der Waals surface area contributed by atoms with Gasteiger partial charge < -0.3 is 4.74 Å². The summed E-state index contributed by atoms with van der Waals surface area (Å²) in [4.78, 5) is 3.91. The van der Waals surface area contributed by atoms with Crippen LogP contribution in [0.15, 0.2) is 42.6 Å². The average molecular weight is 259 g/mol. The van der Waals surface area contributed by atoms with E-state index in [0.717, 1.165) is 16.9 Å². The molecule has 0 spiro atoms. The van der Waals surface area contributed by atoms with Crippen LogP contribution in [0.25, 0.3) is 0 Å². The maximum Gasteiger partial charge on any atom is 0.140 e. The Bertz CT molecular complexity index is 578. The van der Waals surface area contributed by atoms with Crippen LogP contribution < -0.4 is 4.74 Å². The Balaban J connectivity index is 2.09. The number of nitrogens with zero attached hydrogens (tertiary/aromatic N) is 2. The van der Waals surface area contributed by atoms with E-state index < -0.39 is 0 Å². The second-order valence-corrected chi connectivity index (χ2v) is 3.96. The fraction of sp³-hybridized carbons (Fsp3) is 0.143. The first-order chi connectivity index (χ1) is 8.83. The summed E-state index contributed by atoms with van der Waals surface area (Å²) in [5.74, 6) is 1.18. The summed E-state index contributed by atoms with van der Waals surface area (Å²) in [7, 11) is 0. The number of benzene rings is 1. The molecule has 90 valence electrons. The molecular weight excluding hydrogens is 248 g/mol. The largest absolute Gasteiger partial charge is 0.489 e. The quantitative estimate of drug-likeness (QED) is 0.791. The van der Waals surface area contributed by atoms with Gasteiger partial charge in [-0.1, -0.05) is 18.2 Å². The molecule has 0 aliphatic rings. The lowest BCUT2D eigenvalue weighted by Crippen LogP contribution is -1.98. The Morgan fingerprint density at radius 3 is 2.89 bits per heavy atom. The predicted molar refractivity (Wildman–Crippen MR) is 69.3 cm³/mol. The van der Waals surface area contributed by atoms with Crippen LogP contribution in [0, 0.1) is 11.3 Å². The van der Waals surface area contributed by atoms with Gasteiger partial charge in [-0.15, -0.1) is 11.6 Å². The van der Waals surface area contributed by atoms with E-state index in [1.165, 1.54) is 0 Å². The number of ether oxygens (including phenoxy) is 1. The van der Waals surface area contributed by atoms with Gasteiger partial charge in [0.15, 0.2) is 0 Å². The zero-order valence-electron chi connectivity index (χ0n) is 9.64. The molecule has 18 heavy (non-hydrogen) atoms. The van der Waals surface area contributed by atoms with Crippen molar-refractivity contribution in [3.05, 3.63) is 59.4 Å². The molecule has 0 aliphatic heterocycles. The molecular formula is C14H11ClN2O. The van der Waals surface area contributed by atoms with Gasteiger partial charge in [0.2, 0.25) is 0 Å². The summed E-state index contributed by atoms with van der Waals surface area (Å²) >= 11 is 5.83. The molecule has 0 atom stereocenters. The highest BCUT2D eigenvalue weighted by molar-refractivity contribution is 6.17. The number of halogens is 1. The standard InChI is InChI=1S/C14H11ClN2O/c15-8-12-3-1-2-4-14(12)18-10-11-5-6-17-13(7-11)9-16/h1-7H,8,10H2. The van der Waals surface area contributed by atoms with Gasteiger partial charge in [-0.3, -0.25) is 0 Å². The third kappa shape index (κ3) is 2.99. The van der Waals surface area contributed by atoms with Crippen molar-refractivity contribution >= 4 is 11.6 Å². The van der Waals surface area contributed by atoms with Crippen LogP contribution in [0.4, 0.5) is 0 Å². The summed E-state index contributed by atoms with van der Waals surface area (Å²) in [6.07, 6.45) is 1.60. The number of hydrogen-bond acceptors (Lipinski definition) is 3. The normalized spacial score (nSPS) is 9.78. The van der Waals surface area contributed by atoms with Crippen molar-refractivity contribution in [2.75, 3.05) is 0 Å². The van der Waals surface area contributed by atoms with Crippen LogP contribution in [-0.2, 0) is 12.5 Å². The van der Waals surface area contributed by atoms with Crippen molar-refractivity contribution in [3.8, 4) is 11.8 Å². The van der Waals surface area contributed by atoms with Gasteiger partial charge in [-0.2, -0.15) is 5.26 Å². The van der Waals surface area contributed by atoms with E-state index in [2.05, 4.69) is 4.98 Å². The highest BCUT2D eigenvalue weighted by Gasteiger charge is 2.02. The Hall–Kier alpha value is -2.05. The van der Waals surface area contributed by atoms with E-state index in [-0.39, 0.29) is 0 Å². The van der Waals surface area contributed by atoms with Crippen molar-refractivity contribution in [1.29, 1.82) is 5.26 Å². The highest BCUT2D eigenvalue weighted by Crippen LogP contribution is 2.20. The molecule has 1 aromatic heterocycles. The number of nitriles is 1. The van der Waals surface area contributed by atoms with Crippen molar-refractivity contribution < 1.29 is 4.74 Å². The van der Waals surface area contributed by atoms with E-state index in [9.17, 15) is 0 Å². The molecule has 0 aliphatic carbocycles. The molecule has 0 saturated carbocycles. The lowest BCUT2D eigenvalue weighted by molar-refractivity contribution is 0.303. The number of para-hydroxylation sites is 1. The van der Waals surface area contributed by atoms with Crippen LogP contribution in [-0.4, -0.2) is 4.98 Å². The maximum absolute atomic E-state index is 8.76. The second-order valence-electron chi connectivity index (χ2n) is 3.69. The molecule has 0 N–H and O–H groups in total. The molecule has 3 nitrogen and oxygen atoms in total. The molecule has 1 aromatic carbocycles. The smallest absolute Gasteiger partial charge is 0.140 e. The minimum absolute atomic E-state index is 0.390. The van der Waals surface area contributed by atoms with Crippen molar-refractivity contribution in [3.63, 3.8) is 0 Å². The number of hydrogen-bond donors (Lipinski definition) is 0. The Labute approximate surface area is 111 Å². The molecule has 1 heterocycles. The molecule has 4 heteroatoms. The maximum atomic E-state index is 8.76. The fourth-order valence-corrected chi connectivity index (χ4v) is 1.76. The zero-order chi connectivity index (χ0) is 12.8. The predicted octanol–water partition coefficient (Wildman–Crippen LogP) is 3.27. The van der Waals surface area contributed by atoms with Gasteiger partial charge in [0.1, 0.15) is 24.1 Å². The van der Waals surface area contributed by atoms with Crippen LogP contribution in [0.1, 0.15) is 16.8 Å². The second kappa shape index (κ2) is 6.04. The SMILES string of the molecule is N#Cc1cc(COc2ccccc2CCl)ccn1. The van der Waals surface area contributed by atoms with E-state index in [4.69, 9.17) is 21.6 Å². The number of alkyl halides is 1. The van der Waals surface area contributed by atoms with Gasteiger partial charge >= 0.3 is 0 Å². The first-order valence-electron chi connectivity index (χ1n) is 5.45. The van der Waals surface area contributed by atoms with Crippen molar-refractivity contribution in [2.45, 2.75) is 12.5 Å².